The molecule has 5 nitrogen and oxygen atoms in total. The molecule has 1 aliphatic rings. The molecule has 1 aromatic carbocycles. The Morgan fingerprint density at radius 1 is 1.33 bits per heavy atom. The first-order chi connectivity index (χ1) is 11.3. The van der Waals surface area contributed by atoms with Gasteiger partial charge in [-0.25, -0.2) is 8.42 Å². The lowest BCUT2D eigenvalue weighted by Gasteiger charge is -2.28. The number of rotatable bonds is 6. The van der Waals surface area contributed by atoms with E-state index in [1.54, 1.807) is 12.1 Å². The summed E-state index contributed by atoms with van der Waals surface area (Å²) in [6.45, 7) is 6.06. The fourth-order valence-corrected chi connectivity index (χ4v) is 4.21. The van der Waals surface area contributed by atoms with E-state index in [1.165, 1.54) is 6.26 Å². The zero-order chi connectivity index (χ0) is 17.7. The van der Waals surface area contributed by atoms with Crippen molar-refractivity contribution < 1.29 is 13.2 Å². The van der Waals surface area contributed by atoms with Crippen LogP contribution in [-0.2, 0) is 20.4 Å². The summed E-state index contributed by atoms with van der Waals surface area (Å²) in [5, 5.41) is 6.30. The summed E-state index contributed by atoms with van der Waals surface area (Å²) >= 11 is 0. The number of anilines is 1. The Labute approximate surface area is 145 Å². The molecule has 134 valence electrons. The van der Waals surface area contributed by atoms with E-state index in [0.717, 1.165) is 37.1 Å². The monoisotopic (exact) mass is 352 g/mol. The van der Waals surface area contributed by atoms with E-state index in [-0.39, 0.29) is 11.7 Å². The van der Waals surface area contributed by atoms with Crippen LogP contribution in [0.1, 0.15) is 37.3 Å². The van der Waals surface area contributed by atoms with Gasteiger partial charge < -0.3 is 10.6 Å². The minimum Gasteiger partial charge on any atom is -0.326 e. The highest BCUT2D eigenvalue weighted by atomic mass is 32.2. The highest BCUT2D eigenvalue weighted by Gasteiger charge is 2.22. The van der Waals surface area contributed by atoms with Crippen LogP contribution in [-0.4, -0.2) is 33.7 Å². The molecular weight excluding hydrogens is 324 g/mol. The quantitative estimate of drug-likeness (QED) is 0.825. The molecule has 1 fully saturated rings. The Hall–Kier alpha value is -1.40. The second-order valence-electron chi connectivity index (χ2n) is 6.98. The van der Waals surface area contributed by atoms with Gasteiger partial charge in [0.2, 0.25) is 5.91 Å². The number of piperidine rings is 1. The summed E-state index contributed by atoms with van der Waals surface area (Å²) in [5.74, 6) is 0.940. The van der Waals surface area contributed by atoms with Gasteiger partial charge in [0.1, 0.15) is 0 Å². The average molecular weight is 353 g/mol. The van der Waals surface area contributed by atoms with Crippen molar-refractivity contribution >= 4 is 21.4 Å². The number of carbonyl (C=O) groups excluding carboxylic acids is 1. The van der Waals surface area contributed by atoms with Crippen molar-refractivity contribution in [3.05, 3.63) is 29.3 Å². The van der Waals surface area contributed by atoms with Gasteiger partial charge in [-0.2, -0.15) is 0 Å². The van der Waals surface area contributed by atoms with E-state index >= 15 is 0 Å². The highest BCUT2D eigenvalue weighted by molar-refractivity contribution is 7.89. The van der Waals surface area contributed by atoms with E-state index in [0.29, 0.717) is 23.9 Å². The largest absolute Gasteiger partial charge is 0.326 e. The maximum absolute atomic E-state index is 12.4. The van der Waals surface area contributed by atoms with Crippen LogP contribution in [0.25, 0.3) is 0 Å². The fraction of sp³-hybridized carbons (Fsp3) is 0.611. The molecular formula is C18H28N2O3S. The van der Waals surface area contributed by atoms with E-state index in [1.807, 2.05) is 13.0 Å². The van der Waals surface area contributed by atoms with E-state index in [9.17, 15) is 13.2 Å². The van der Waals surface area contributed by atoms with E-state index in [2.05, 4.69) is 17.6 Å². The topological polar surface area (TPSA) is 75.3 Å². The van der Waals surface area contributed by atoms with Gasteiger partial charge in [0.05, 0.1) is 5.75 Å². The first kappa shape index (κ1) is 18.9. The summed E-state index contributed by atoms with van der Waals surface area (Å²) in [6, 6.07) is 5.41. The number of nitrogens with one attached hydrogen (secondary N) is 2. The van der Waals surface area contributed by atoms with Crippen molar-refractivity contribution in [3.8, 4) is 0 Å². The number of hydrogen-bond acceptors (Lipinski definition) is 4. The van der Waals surface area contributed by atoms with Crippen molar-refractivity contribution in [2.45, 2.75) is 38.9 Å². The molecule has 1 heterocycles. The van der Waals surface area contributed by atoms with Crippen LogP contribution in [0.2, 0.25) is 0 Å². The molecule has 0 spiro atoms. The van der Waals surface area contributed by atoms with Crippen LogP contribution in [0.5, 0.6) is 0 Å². The van der Waals surface area contributed by atoms with Crippen molar-refractivity contribution in [2.24, 2.45) is 11.8 Å². The van der Waals surface area contributed by atoms with Gasteiger partial charge in [-0.3, -0.25) is 4.79 Å². The summed E-state index contributed by atoms with van der Waals surface area (Å²) in [5.41, 5.74) is 2.27. The molecule has 6 heteroatoms. The number of carbonyl (C=O) groups is 1. The molecule has 1 amide bonds. The van der Waals surface area contributed by atoms with Gasteiger partial charge in [0, 0.05) is 18.4 Å². The Balaban J connectivity index is 1.99. The lowest BCUT2D eigenvalue weighted by Crippen LogP contribution is -2.32. The van der Waals surface area contributed by atoms with Gasteiger partial charge in [-0.05, 0) is 61.9 Å². The molecule has 0 aromatic heterocycles. The number of sulfone groups is 1. The minimum absolute atomic E-state index is 0.000591. The average Bonchev–Trinajstić information content (AvgIpc) is 2.51. The minimum atomic E-state index is -3.10. The van der Waals surface area contributed by atoms with Crippen LogP contribution >= 0.6 is 0 Å². The molecule has 1 aromatic rings. The van der Waals surface area contributed by atoms with Crippen LogP contribution < -0.4 is 10.6 Å². The highest BCUT2D eigenvalue weighted by Crippen LogP contribution is 2.26. The smallest absolute Gasteiger partial charge is 0.224 e. The summed E-state index contributed by atoms with van der Waals surface area (Å²) in [4.78, 5) is 12.4. The van der Waals surface area contributed by atoms with E-state index in [4.69, 9.17) is 0 Å². The second-order valence-corrected chi connectivity index (χ2v) is 9.12. The predicted octanol–water partition coefficient (Wildman–Crippen LogP) is 2.50. The third-order valence-corrected chi connectivity index (χ3v) is 5.67. The van der Waals surface area contributed by atoms with Gasteiger partial charge in [-0.1, -0.05) is 19.1 Å². The lowest BCUT2D eigenvalue weighted by molar-refractivity contribution is -0.117. The molecule has 1 unspecified atom stereocenters. The maximum Gasteiger partial charge on any atom is 0.224 e. The van der Waals surface area contributed by atoms with Crippen LogP contribution in [0.15, 0.2) is 18.2 Å². The molecule has 1 saturated heterocycles. The van der Waals surface area contributed by atoms with E-state index < -0.39 is 9.84 Å². The molecule has 2 N–H and O–H groups in total. The Morgan fingerprint density at radius 3 is 2.62 bits per heavy atom. The first-order valence-corrected chi connectivity index (χ1v) is 10.6. The zero-order valence-corrected chi connectivity index (χ0v) is 15.6. The molecule has 24 heavy (non-hydrogen) atoms. The molecule has 1 atom stereocenters. The van der Waals surface area contributed by atoms with Crippen LogP contribution in [0.3, 0.4) is 0 Å². The summed E-state index contributed by atoms with van der Waals surface area (Å²) in [7, 11) is -3.10. The lowest BCUT2D eigenvalue weighted by atomic mass is 9.84. The number of benzene rings is 1. The van der Waals surface area contributed by atoms with Crippen LogP contribution in [0.4, 0.5) is 5.69 Å². The normalized spacial score (nSPS) is 17.5. The van der Waals surface area contributed by atoms with Gasteiger partial charge >= 0.3 is 0 Å². The standard InChI is InChI=1S/C18H28N2O3S/c1-13(15-7-9-19-10-8-15)11-18(21)20-17-6-4-5-16(14(17)2)12-24(3,22)23/h4-6,13,15,19H,7-12H2,1-3H3,(H,20,21). The molecule has 0 aliphatic carbocycles. The Bertz CT molecular complexity index is 680. The SMILES string of the molecule is Cc1c(CS(C)(=O)=O)cccc1NC(=O)CC(C)C1CCNCC1. The summed E-state index contributed by atoms with van der Waals surface area (Å²) in [6.07, 6.45) is 3.97. The molecule has 0 saturated carbocycles. The molecule has 0 radical (unpaired) electrons. The first-order valence-electron chi connectivity index (χ1n) is 8.53. The third kappa shape index (κ3) is 5.60. The van der Waals surface area contributed by atoms with Gasteiger partial charge in [-0.15, -0.1) is 0 Å². The maximum atomic E-state index is 12.4. The van der Waals surface area contributed by atoms with Crippen molar-refractivity contribution in [2.75, 3.05) is 24.7 Å². The zero-order valence-electron chi connectivity index (χ0n) is 14.8. The van der Waals surface area contributed by atoms with Crippen LogP contribution in [0, 0.1) is 18.8 Å². The third-order valence-electron chi connectivity index (χ3n) is 4.83. The summed E-state index contributed by atoms with van der Waals surface area (Å²) < 4.78 is 23.0. The van der Waals surface area contributed by atoms with Crippen molar-refractivity contribution in [3.63, 3.8) is 0 Å². The second kappa shape index (κ2) is 8.12. The van der Waals surface area contributed by atoms with Gasteiger partial charge in [0.15, 0.2) is 9.84 Å². The molecule has 0 bridgehead atoms. The Morgan fingerprint density at radius 2 is 2.00 bits per heavy atom. The molecule has 1 aliphatic heterocycles. The molecule has 2 rings (SSSR count). The fourth-order valence-electron chi connectivity index (χ4n) is 3.33. The van der Waals surface area contributed by atoms with Crippen molar-refractivity contribution in [1.29, 1.82) is 0 Å². The van der Waals surface area contributed by atoms with Gasteiger partial charge in [0.25, 0.3) is 0 Å². The number of amides is 1. The Kier molecular flexibility index (Phi) is 6.40. The number of hydrogen-bond donors (Lipinski definition) is 2. The predicted molar refractivity (Wildman–Crippen MR) is 97.7 cm³/mol. The van der Waals surface area contributed by atoms with Crippen molar-refractivity contribution in [1.82, 2.24) is 5.32 Å².